The lowest BCUT2D eigenvalue weighted by molar-refractivity contribution is -0.146. The number of pyridine rings is 1. The lowest BCUT2D eigenvalue weighted by atomic mass is 10.3. The van der Waals surface area contributed by atoms with Gasteiger partial charge >= 0.3 is 12.0 Å². The van der Waals surface area contributed by atoms with Gasteiger partial charge in [0.05, 0.1) is 11.6 Å². The van der Waals surface area contributed by atoms with Crippen molar-refractivity contribution in [3.63, 3.8) is 0 Å². The van der Waals surface area contributed by atoms with Crippen LogP contribution in [0.3, 0.4) is 0 Å². The molecule has 0 saturated heterocycles. The Bertz CT molecular complexity index is 667. The van der Waals surface area contributed by atoms with E-state index in [9.17, 15) is 4.79 Å². The quantitative estimate of drug-likeness (QED) is 0.755. The van der Waals surface area contributed by atoms with Crippen LogP contribution in [0.2, 0.25) is 5.02 Å². The number of hydrogen-bond donors (Lipinski definition) is 0. The van der Waals surface area contributed by atoms with Gasteiger partial charge in [0.25, 0.3) is 0 Å². The van der Waals surface area contributed by atoms with Gasteiger partial charge in [-0.05, 0) is 30.9 Å². The summed E-state index contributed by atoms with van der Waals surface area (Å²) in [5.74, 6) is 0.642. The van der Waals surface area contributed by atoms with Gasteiger partial charge in [-0.15, -0.1) is 5.10 Å². The molecule has 1 fully saturated rings. The van der Waals surface area contributed by atoms with Crippen molar-refractivity contribution in [3.05, 3.63) is 23.4 Å². The lowest BCUT2D eigenvalue weighted by Gasteiger charge is -2.02. The molecule has 8 heteroatoms. The van der Waals surface area contributed by atoms with E-state index in [0.29, 0.717) is 29.1 Å². The Hall–Kier alpha value is -2.15. The predicted molar refractivity (Wildman–Crippen MR) is 78.4 cm³/mol. The van der Waals surface area contributed by atoms with E-state index in [1.165, 1.54) is 10.9 Å². The van der Waals surface area contributed by atoms with E-state index in [1.54, 1.807) is 19.2 Å². The summed E-state index contributed by atoms with van der Waals surface area (Å²) < 4.78 is 11.9. The molecule has 0 spiro atoms. The fourth-order valence-electron chi connectivity index (χ4n) is 1.81. The molecule has 0 bridgehead atoms. The molecule has 22 heavy (non-hydrogen) atoms. The van der Waals surface area contributed by atoms with E-state index < -0.39 is 5.97 Å². The van der Waals surface area contributed by atoms with E-state index in [1.807, 2.05) is 0 Å². The molecule has 1 saturated carbocycles. The largest absolute Gasteiger partial charge is 0.463 e. The van der Waals surface area contributed by atoms with Crippen LogP contribution < -0.4 is 4.74 Å². The molecule has 7 nitrogen and oxygen atoms in total. The van der Waals surface area contributed by atoms with Crippen molar-refractivity contribution >= 4 is 17.6 Å². The number of carbonyl (C=O) groups is 1. The molecule has 2 aromatic rings. The molecule has 1 aliphatic rings. The number of rotatable bonds is 6. The highest BCUT2D eigenvalue weighted by Gasteiger charge is 2.23. The Morgan fingerprint density at radius 1 is 1.45 bits per heavy atom. The number of nitrogens with zero attached hydrogens (tertiary/aromatic N) is 4. The van der Waals surface area contributed by atoms with Gasteiger partial charge < -0.3 is 9.47 Å². The van der Waals surface area contributed by atoms with Crippen LogP contribution in [0.4, 0.5) is 0 Å². The zero-order valence-electron chi connectivity index (χ0n) is 12.0. The summed E-state index contributed by atoms with van der Waals surface area (Å²) in [4.78, 5) is 19.9. The van der Waals surface area contributed by atoms with E-state index in [2.05, 4.69) is 15.1 Å². The molecule has 0 radical (unpaired) electrons. The molecular weight excluding hydrogens is 308 g/mol. The number of ether oxygens (including phenoxy) is 2. The highest BCUT2D eigenvalue weighted by Crippen LogP contribution is 2.28. The molecule has 0 atom stereocenters. The summed E-state index contributed by atoms with van der Waals surface area (Å²) in [6.45, 7) is 0.266. The summed E-state index contributed by atoms with van der Waals surface area (Å²) in [5, 5.41) is 4.63. The van der Waals surface area contributed by atoms with Crippen LogP contribution in [0.5, 0.6) is 6.01 Å². The van der Waals surface area contributed by atoms with Gasteiger partial charge in [-0.1, -0.05) is 11.6 Å². The standard InChI is InChI=1S/C14H15ClN4O3/c1-19-13(11-5-4-10(15)6-16-11)17-14(18-19)22-8-12(20)21-7-9-2-3-9/h4-6,9H,2-3,7-8H2,1H3. The molecule has 2 heterocycles. The first-order chi connectivity index (χ1) is 10.6. The van der Waals surface area contributed by atoms with E-state index in [4.69, 9.17) is 21.1 Å². The first-order valence-corrected chi connectivity index (χ1v) is 7.31. The first kappa shape index (κ1) is 14.8. The lowest BCUT2D eigenvalue weighted by Crippen LogP contribution is -2.16. The van der Waals surface area contributed by atoms with Crippen molar-refractivity contribution in [2.24, 2.45) is 13.0 Å². The molecule has 0 aromatic carbocycles. The van der Waals surface area contributed by atoms with Crippen LogP contribution in [0.1, 0.15) is 12.8 Å². The van der Waals surface area contributed by atoms with Crippen LogP contribution in [0.25, 0.3) is 11.5 Å². The summed E-state index contributed by atoms with van der Waals surface area (Å²) in [6, 6.07) is 3.56. The van der Waals surface area contributed by atoms with Crippen molar-refractivity contribution in [3.8, 4) is 17.5 Å². The smallest absolute Gasteiger partial charge is 0.344 e. The second kappa shape index (κ2) is 6.31. The summed E-state index contributed by atoms with van der Waals surface area (Å²) in [6.07, 6.45) is 3.79. The second-order valence-corrected chi connectivity index (χ2v) is 5.55. The van der Waals surface area contributed by atoms with Crippen molar-refractivity contribution in [1.82, 2.24) is 19.7 Å². The summed E-state index contributed by atoms with van der Waals surface area (Å²) >= 11 is 5.80. The second-order valence-electron chi connectivity index (χ2n) is 5.12. The Balaban J connectivity index is 1.59. The van der Waals surface area contributed by atoms with Crippen molar-refractivity contribution in [1.29, 1.82) is 0 Å². The summed E-state index contributed by atoms with van der Waals surface area (Å²) in [5.41, 5.74) is 0.616. The van der Waals surface area contributed by atoms with E-state index in [-0.39, 0.29) is 12.6 Å². The number of hydrogen-bond acceptors (Lipinski definition) is 6. The SMILES string of the molecule is Cn1nc(OCC(=O)OCC2CC2)nc1-c1ccc(Cl)cn1. The van der Waals surface area contributed by atoms with Crippen molar-refractivity contribution < 1.29 is 14.3 Å². The number of esters is 1. The van der Waals surface area contributed by atoms with Gasteiger partial charge in [0.1, 0.15) is 5.69 Å². The predicted octanol–water partition coefficient (Wildman–Crippen LogP) is 1.86. The number of aromatic nitrogens is 4. The maximum Gasteiger partial charge on any atom is 0.344 e. The molecule has 1 aliphatic carbocycles. The van der Waals surface area contributed by atoms with Crippen LogP contribution in [0, 0.1) is 5.92 Å². The maximum atomic E-state index is 11.5. The normalized spacial score (nSPS) is 13.9. The highest BCUT2D eigenvalue weighted by atomic mass is 35.5. The van der Waals surface area contributed by atoms with Gasteiger partial charge in [0.15, 0.2) is 12.4 Å². The maximum absolute atomic E-state index is 11.5. The number of carbonyl (C=O) groups excluding carboxylic acids is 1. The minimum absolute atomic E-state index is 0.109. The Kier molecular flexibility index (Phi) is 4.24. The fraction of sp³-hybridized carbons (Fsp3) is 0.429. The Labute approximate surface area is 132 Å². The fourth-order valence-corrected chi connectivity index (χ4v) is 1.93. The van der Waals surface area contributed by atoms with Gasteiger partial charge in [-0.2, -0.15) is 4.98 Å². The zero-order valence-corrected chi connectivity index (χ0v) is 12.8. The molecule has 3 rings (SSSR count). The van der Waals surface area contributed by atoms with Gasteiger partial charge in [0, 0.05) is 13.2 Å². The monoisotopic (exact) mass is 322 g/mol. The molecular formula is C14H15ClN4O3. The zero-order chi connectivity index (χ0) is 15.5. The molecule has 116 valence electrons. The summed E-state index contributed by atoms with van der Waals surface area (Å²) in [7, 11) is 1.72. The van der Waals surface area contributed by atoms with Gasteiger partial charge in [-0.25, -0.2) is 9.48 Å². The van der Waals surface area contributed by atoms with E-state index in [0.717, 1.165) is 12.8 Å². The van der Waals surface area contributed by atoms with Crippen molar-refractivity contribution in [2.45, 2.75) is 12.8 Å². The number of aryl methyl sites for hydroxylation is 1. The third kappa shape index (κ3) is 3.73. The van der Waals surface area contributed by atoms with Crippen LogP contribution in [-0.4, -0.2) is 38.9 Å². The number of halogens is 1. The van der Waals surface area contributed by atoms with Crippen molar-refractivity contribution in [2.75, 3.05) is 13.2 Å². The minimum atomic E-state index is -0.412. The molecule has 0 aliphatic heterocycles. The molecule has 0 N–H and O–H groups in total. The topological polar surface area (TPSA) is 79.1 Å². The highest BCUT2D eigenvalue weighted by molar-refractivity contribution is 6.30. The molecule has 0 unspecified atom stereocenters. The third-order valence-electron chi connectivity index (χ3n) is 3.20. The van der Waals surface area contributed by atoms with E-state index >= 15 is 0 Å². The van der Waals surface area contributed by atoms with Gasteiger partial charge in [-0.3, -0.25) is 4.98 Å². The third-order valence-corrected chi connectivity index (χ3v) is 3.42. The Morgan fingerprint density at radius 2 is 2.27 bits per heavy atom. The average Bonchev–Trinajstić information content (AvgIpc) is 3.26. The minimum Gasteiger partial charge on any atom is -0.463 e. The average molecular weight is 323 g/mol. The first-order valence-electron chi connectivity index (χ1n) is 6.93. The van der Waals surface area contributed by atoms with Crippen LogP contribution >= 0.6 is 11.6 Å². The molecule has 2 aromatic heterocycles. The Morgan fingerprint density at radius 3 is 2.95 bits per heavy atom. The van der Waals surface area contributed by atoms with Gasteiger partial charge in [0.2, 0.25) is 0 Å². The van der Waals surface area contributed by atoms with Crippen LogP contribution in [0.15, 0.2) is 18.3 Å². The van der Waals surface area contributed by atoms with Crippen LogP contribution in [-0.2, 0) is 16.6 Å². The molecule has 0 amide bonds.